The molecule has 0 saturated carbocycles. The number of benzene rings is 1. The van der Waals surface area contributed by atoms with E-state index in [9.17, 15) is 9.59 Å². The Morgan fingerprint density at radius 1 is 1.24 bits per heavy atom. The summed E-state index contributed by atoms with van der Waals surface area (Å²) in [6.07, 6.45) is 0. The molecule has 2 aromatic rings. The van der Waals surface area contributed by atoms with Gasteiger partial charge in [-0.3, -0.25) is 9.59 Å². The Morgan fingerprint density at radius 2 is 1.86 bits per heavy atom. The average Bonchev–Trinajstić information content (AvgIpc) is 2.76. The lowest BCUT2D eigenvalue weighted by molar-refractivity contribution is -0.112. The number of aryl methyl sites for hydroxylation is 1. The van der Waals surface area contributed by atoms with Crippen molar-refractivity contribution in [3.8, 4) is 11.1 Å². The molecule has 2 amide bonds. The molecule has 1 aromatic carbocycles. The minimum atomic E-state index is -0.560. The number of hydrogen-bond acceptors (Lipinski definition) is 3. The number of rotatable bonds is 4. The summed E-state index contributed by atoms with van der Waals surface area (Å²) in [5, 5.41) is 3.17. The van der Waals surface area contributed by atoms with Crippen LogP contribution in [0.5, 0.6) is 0 Å². The van der Waals surface area contributed by atoms with Crippen molar-refractivity contribution in [2.24, 2.45) is 5.73 Å². The van der Waals surface area contributed by atoms with E-state index in [1.165, 1.54) is 11.3 Å². The van der Waals surface area contributed by atoms with Gasteiger partial charge in [0.2, 0.25) is 0 Å². The van der Waals surface area contributed by atoms with Crippen LogP contribution in [0.2, 0.25) is 0 Å². The first-order valence-electron chi connectivity index (χ1n) is 6.37. The SMILES string of the molecule is C=C(C)C(=O)Nc1sc(C)c(-c2ccccc2)c1C(N)=O. The van der Waals surface area contributed by atoms with Gasteiger partial charge in [0.05, 0.1) is 5.56 Å². The highest BCUT2D eigenvalue weighted by molar-refractivity contribution is 7.17. The maximum Gasteiger partial charge on any atom is 0.252 e. The molecule has 3 N–H and O–H groups in total. The van der Waals surface area contributed by atoms with Crippen LogP contribution in [0.4, 0.5) is 5.00 Å². The second-order valence-electron chi connectivity index (χ2n) is 4.70. The molecule has 0 unspecified atom stereocenters. The number of amides is 2. The highest BCUT2D eigenvalue weighted by Gasteiger charge is 2.22. The highest BCUT2D eigenvalue weighted by Crippen LogP contribution is 2.39. The molecule has 0 saturated heterocycles. The molecule has 108 valence electrons. The standard InChI is InChI=1S/C16H16N2O2S/c1-9(2)15(20)18-16-13(14(17)19)12(10(3)21-16)11-7-5-4-6-8-11/h4-8H,1H2,2-3H3,(H2,17,19)(H,18,20). The van der Waals surface area contributed by atoms with E-state index < -0.39 is 5.91 Å². The van der Waals surface area contributed by atoms with Gasteiger partial charge in [0.1, 0.15) is 5.00 Å². The summed E-state index contributed by atoms with van der Waals surface area (Å²) in [6, 6.07) is 9.50. The van der Waals surface area contributed by atoms with Crippen LogP contribution in [0.25, 0.3) is 11.1 Å². The Hall–Kier alpha value is -2.40. The number of primary amides is 1. The first kappa shape index (κ1) is 15.0. The lowest BCUT2D eigenvalue weighted by Crippen LogP contribution is -2.17. The van der Waals surface area contributed by atoms with Gasteiger partial charge in [-0.15, -0.1) is 11.3 Å². The molecule has 2 rings (SSSR count). The van der Waals surface area contributed by atoms with Gasteiger partial charge >= 0.3 is 0 Å². The van der Waals surface area contributed by atoms with E-state index in [2.05, 4.69) is 11.9 Å². The maximum atomic E-state index is 11.8. The van der Waals surface area contributed by atoms with Gasteiger partial charge in [0.25, 0.3) is 11.8 Å². The molecule has 0 aliphatic heterocycles. The van der Waals surface area contributed by atoms with Crippen LogP contribution >= 0.6 is 11.3 Å². The van der Waals surface area contributed by atoms with Crippen molar-refractivity contribution in [3.63, 3.8) is 0 Å². The Morgan fingerprint density at radius 3 is 2.38 bits per heavy atom. The van der Waals surface area contributed by atoms with Crippen molar-refractivity contribution in [1.82, 2.24) is 0 Å². The van der Waals surface area contributed by atoms with Gasteiger partial charge in [-0.05, 0) is 19.4 Å². The Labute approximate surface area is 127 Å². The molecular formula is C16H16N2O2S. The first-order valence-corrected chi connectivity index (χ1v) is 7.19. The summed E-state index contributed by atoms with van der Waals surface area (Å²) in [7, 11) is 0. The number of carbonyl (C=O) groups is 2. The van der Waals surface area contributed by atoms with Crippen molar-refractivity contribution < 1.29 is 9.59 Å². The van der Waals surface area contributed by atoms with Crippen LogP contribution in [0.1, 0.15) is 22.2 Å². The second-order valence-corrected chi connectivity index (χ2v) is 5.93. The Kier molecular flexibility index (Phi) is 4.23. The fraction of sp³-hybridized carbons (Fsp3) is 0.125. The topological polar surface area (TPSA) is 72.2 Å². The zero-order chi connectivity index (χ0) is 15.6. The number of hydrogen-bond donors (Lipinski definition) is 2. The fourth-order valence-electron chi connectivity index (χ4n) is 2.03. The summed E-state index contributed by atoms with van der Waals surface area (Å²) in [5.41, 5.74) is 7.90. The van der Waals surface area contributed by atoms with Crippen LogP contribution in [0.15, 0.2) is 42.5 Å². The van der Waals surface area contributed by atoms with Crippen LogP contribution in [0.3, 0.4) is 0 Å². The Balaban J connectivity index is 2.57. The van der Waals surface area contributed by atoms with E-state index in [1.807, 2.05) is 37.3 Å². The molecule has 0 bridgehead atoms. The summed E-state index contributed by atoms with van der Waals surface area (Å²) in [4.78, 5) is 24.5. The molecule has 0 aliphatic rings. The quantitative estimate of drug-likeness (QED) is 0.850. The number of nitrogens with one attached hydrogen (secondary N) is 1. The first-order chi connectivity index (χ1) is 9.91. The van der Waals surface area contributed by atoms with Gasteiger partial charge in [0, 0.05) is 16.0 Å². The summed E-state index contributed by atoms with van der Waals surface area (Å²) < 4.78 is 0. The minimum absolute atomic E-state index is 0.321. The van der Waals surface area contributed by atoms with Crippen LogP contribution in [-0.2, 0) is 4.79 Å². The van der Waals surface area contributed by atoms with Crippen molar-refractivity contribution in [2.75, 3.05) is 5.32 Å². The third-order valence-electron chi connectivity index (χ3n) is 3.01. The van der Waals surface area contributed by atoms with E-state index in [4.69, 9.17) is 5.73 Å². The predicted octanol–water partition coefficient (Wildman–Crippen LogP) is 3.34. The zero-order valence-corrected chi connectivity index (χ0v) is 12.7. The minimum Gasteiger partial charge on any atom is -0.365 e. The summed E-state index contributed by atoms with van der Waals surface area (Å²) in [6.45, 7) is 7.10. The van der Waals surface area contributed by atoms with E-state index in [0.29, 0.717) is 16.1 Å². The molecule has 21 heavy (non-hydrogen) atoms. The second kappa shape index (κ2) is 5.93. The van der Waals surface area contributed by atoms with Crippen molar-refractivity contribution >= 4 is 28.2 Å². The van der Waals surface area contributed by atoms with E-state index in [-0.39, 0.29) is 5.91 Å². The molecule has 0 radical (unpaired) electrons. The molecule has 1 aromatic heterocycles. The number of thiophene rings is 1. The van der Waals surface area contributed by atoms with Crippen molar-refractivity contribution in [2.45, 2.75) is 13.8 Å². The van der Waals surface area contributed by atoms with E-state index in [1.54, 1.807) is 6.92 Å². The van der Waals surface area contributed by atoms with Crippen LogP contribution in [0, 0.1) is 6.92 Å². The largest absolute Gasteiger partial charge is 0.365 e. The smallest absolute Gasteiger partial charge is 0.252 e. The van der Waals surface area contributed by atoms with Gasteiger partial charge in [-0.2, -0.15) is 0 Å². The molecule has 4 nitrogen and oxygen atoms in total. The number of anilines is 1. The molecule has 0 spiro atoms. The van der Waals surface area contributed by atoms with Crippen LogP contribution < -0.4 is 11.1 Å². The summed E-state index contributed by atoms with van der Waals surface area (Å²) >= 11 is 1.34. The third-order valence-corrected chi connectivity index (χ3v) is 4.03. The van der Waals surface area contributed by atoms with Crippen molar-refractivity contribution in [1.29, 1.82) is 0 Å². The molecule has 5 heteroatoms. The summed E-state index contributed by atoms with van der Waals surface area (Å²) in [5.74, 6) is -0.881. The van der Waals surface area contributed by atoms with Gasteiger partial charge in [-0.25, -0.2) is 0 Å². The monoisotopic (exact) mass is 300 g/mol. The molecule has 0 aliphatic carbocycles. The third kappa shape index (κ3) is 3.03. The number of carbonyl (C=O) groups excluding carboxylic acids is 2. The molecular weight excluding hydrogens is 284 g/mol. The lowest BCUT2D eigenvalue weighted by Gasteiger charge is -2.06. The number of nitrogens with two attached hydrogens (primary N) is 1. The molecule has 0 atom stereocenters. The van der Waals surface area contributed by atoms with Gasteiger partial charge < -0.3 is 11.1 Å². The lowest BCUT2D eigenvalue weighted by atomic mass is 10.0. The average molecular weight is 300 g/mol. The van der Waals surface area contributed by atoms with Gasteiger partial charge in [0.15, 0.2) is 0 Å². The molecule has 0 fully saturated rings. The van der Waals surface area contributed by atoms with Gasteiger partial charge in [-0.1, -0.05) is 36.9 Å². The zero-order valence-electron chi connectivity index (χ0n) is 11.9. The van der Waals surface area contributed by atoms with E-state index >= 15 is 0 Å². The fourth-order valence-corrected chi connectivity index (χ4v) is 3.11. The molecule has 1 heterocycles. The predicted molar refractivity (Wildman–Crippen MR) is 86.5 cm³/mol. The highest BCUT2D eigenvalue weighted by atomic mass is 32.1. The Bertz CT molecular complexity index is 717. The van der Waals surface area contributed by atoms with E-state index in [0.717, 1.165) is 16.0 Å². The maximum absolute atomic E-state index is 11.8. The van der Waals surface area contributed by atoms with Crippen LogP contribution in [-0.4, -0.2) is 11.8 Å². The normalized spacial score (nSPS) is 10.2. The van der Waals surface area contributed by atoms with Crippen molar-refractivity contribution in [3.05, 3.63) is 52.9 Å².